The van der Waals surface area contributed by atoms with E-state index >= 15 is 0 Å². The Balaban J connectivity index is 3.16. The van der Waals surface area contributed by atoms with E-state index in [0.717, 1.165) is 0 Å². The van der Waals surface area contributed by atoms with Crippen LogP contribution in [0.3, 0.4) is 0 Å². The first-order valence-electron chi connectivity index (χ1n) is 5.08. The van der Waals surface area contributed by atoms with Gasteiger partial charge in [0.15, 0.2) is 0 Å². The number of nitrogens with one attached hydrogen (secondary N) is 1. The molecule has 5 nitrogen and oxygen atoms in total. The topological polar surface area (TPSA) is 72.2 Å². The van der Waals surface area contributed by atoms with Gasteiger partial charge in [0, 0.05) is 5.54 Å². The number of hydrogen-bond acceptors (Lipinski definition) is 3. The maximum absolute atomic E-state index is 13.5. The van der Waals surface area contributed by atoms with E-state index in [4.69, 9.17) is 0 Å². The van der Waals surface area contributed by atoms with E-state index in [-0.39, 0.29) is 0 Å². The summed E-state index contributed by atoms with van der Waals surface area (Å²) in [5.74, 6) is -3.21. The lowest BCUT2D eigenvalue weighted by Crippen LogP contribution is -2.41. The molecule has 1 amide bonds. The van der Waals surface area contributed by atoms with Crippen LogP contribution < -0.4 is 5.32 Å². The molecule has 0 fully saturated rings. The summed E-state index contributed by atoms with van der Waals surface area (Å²) in [6.07, 6.45) is 0. The fourth-order valence-corrected chi connectivity index (χ4v) is 1.26. The zero-order valence-corrected chi connectivity index (χ0v) is 10.1. The van der Waals surface area contributed by atoms with Crippen molar-refractivity contribution in [3.8, 4) is 0 Å². The fourth-order valence-electron chi connectivity index (χ4n) is 1.26. The summed E-state index contributed by atoms with van der Waals surface area (Å²) in [7, 11) is 0. The summed E-state index contributed by atoms with van der Waals surface area (Å²) >= 11 is 0. The Morgan fingerprint density at radius 3 is 2.28 bits per heavy atom. The average molecular weight is 258 g/mol. The molecular formula is C11H12F2N2O3. The van der Waals surface area contributed by atoms with Crippen molar-refractivity contribution < 1.29 is 18.5 Å². The molecular weight excluding hydrogens is 246 g/mol. The van der Waals surface area contributed by atoms with Gasteiger partial charge in [0.2, 0.25) is 5.82 Å². The molecule has 1 N–H and O–H groups in total. The molecule has 98 valence electrons. The molecule has 0 saturated heterocycles. The van der Waals surface area contributed by atoms with E-state index in [9.17, 15) is 23.7 Å². The van der Waals surface area contributed by atoms with Crippen LogP contribution >= 0.6 is 0 Å². The van der Waals surface area contributed by atoms with Crippen LogP contribution in [0.5, 0.6) is 0 Å². The minimum Gasteiger partial charge on any atom is -0.347 e. The predicted octanol–water partition coefficient (Wildman–Crippen LogP) is 2.40. The van der Waals surface area contributed by atoms with Gasteiger partial charge in [0.05, 0.1) is 16.6 Å². The number of carbonyl (C=O) groups excluding carboxylic acids is 1. The van der Waals surface area contributed by atoms with Crippen LogP contribution in [0, 0.1) is 21.7 Å². The third-order valence-corrected chi connectivity index (χ3v) is 1.97. The Morgan fingerprint density at radius 1 is 1.28 bits per heavy atom. The van der Waals surface area contributed by atoms with E-state index in [2.05, 4.69) is 5.32 Å². The molecule has 1 aromatic carbocycles. The van der Waals surface area contributed by atoms with Crippen LogP contribution in [-0.2, 0) is 0 Å². The molecule has 0 heterocycles. The summed E-state index contributed by atoms with van der Waals surface area (Å²) in [4.78, 5) is 21.0. The highest BCUT2D eigenvalue weighted by molar-refractivity contribution is 5.95. The van der Waals surface area contributed by atoms with E-state index in [1.165, 1.54) is 0 Å². The summed E-state index contributed by atoms with van der Waals surface area (Å²) < 4.78 is 26.8. The van der Waals surface area contributed by atoms with Gasteiger partial charge in [-0.3, -0.25) is 14.9 Å². The Hall–Kier alpha value is -2.05. The molecule has 1 rings (SSSR count). The van der Waals surface area contributed by atoms with Crippen LogP contribution in [0.25, 0.3) is 0 Å². The second-order valence-corrected chi connectivity index (χ2v) is 4.74. The molecule has 0 aromatic heterocycles. The number of benzene rings is 1. The SMILES string of the molecule is CC(C)(C)NC(=O)c1cc(F)c([N+](=O)[O-])cc1F. The van der Waals surface area contributed by atoms with Crippen molar-refractivity contribution in [1.29, 1.82) is 0 Å². The van der Waals surface area contributed by atoms with E-state index in [1.54, 1.807) is 20.8 Å². The molecule has 0 unspecified atom stereocenters. The van der Waals surface area contributed by atoms with Crippen molar-refractivity contribution in [3.63, 3.8) is 0 Å². The van der Waals surface area contributed by atoms with E-state index < -0.39 is 39.3 Å². The Kier molecular flexibility index (Phi) is 3.64. The second kappa shape index (κ2) is 4.67. The molecule has 7 heteroatoms. The van der Waals surface area contributed by atoms with E-state index in [0.29, 0.717) is 12.1 Å². The van der Waals surface area contributed by atoms with Crippen molar-refractivity contribution in [2.75, 3.05) is 0 Å². The zero-order chi connectivity index (χ0) is 14.1. The maximum atomic E-state index is 13.5. The maximum Gasteiger partial charge on any atom is 0.307 e. The van der Waals surface area contributed by atoms with Crippen LogP contribution in [-0.4, -0.2) is 16.4 Å². The largest absolute Gasteiger partial charge is 0.347 e. The van der Waals surface area contributed by atoms with Gasteiger partial charge in [-0.25, -0.2) is 4.39 Å². The van der Waals surface area contributed by atoms with Crippen LogP contribution in [0.4, 0.5) is 14.5 Å². The summed E-state index contributed by atoms with van der Waals surface area (Å²) in [5.41, 5.74) is -2.19. The van der Waals surface area contributed by atoms with Crippen molar-refractivity contribution in [2.45, 2.75) is 26.3 Å². The molecule has 0 bridgehead atoms. The van der Waals surface area contributed by atoms with E-state index in [1.807, 2.05) is 0 Å². The lowest BCUT2D eigenvalue weighted by molar-refractivity contribution is -0.387. The number of halogens is 2. The highest BCUT2D eigenvalue weighted by Crippen LogP contribution is 2.21. The molecule has 18 heavy (non-hydrogen) atoms. The lowest BCUT2D eigenvalue weighted by Gasteiger charge is -2.20. The number of amides is 1. The van der Waals surface area contributed by atoms with Gasteiger partial charge in [-0.05, 0) is 26.8 Å². The predicted molar refractivity (Wildman–Crippen MR) is 60.2 cm³/mol. The zero-order valence-electron chi connectivity index (χ0n) is 10.1. The number of nitrogens with zero attached hydrogens (tertiary/aromatic N) is 1. The molecule has 1 aromatic rings. The minimum atomic E-state index is -1.25. The molecule has 0 spiro atoms. The number of carbonyl (C=O) groups is 1. The van der Waals surface area contributed by atoms with Gasteiger partial charge in [-0.2, -0.15) is 4.39 Å². The molecule has 0 saturated carbocycles. The molecule has 0 aliphatic rings. The van der Waals surface area contributed by atoms with Gasteiger partial charge in [-0.1, -0.05) is 0 Å². The van der Waals surface area contributed by atoms with Crippen molar-refractivity contribution in [1.82, 2.24) is 5.32 Å². The van der Waals surface area contributed by atoms with Gasteiger partial charge >= 0.3 is 5.69 Å². The van der Waals surface area contributed by atoms with Crippen LogP contribution in [0.1, 0.15) is 31.1 Å². The fraction of sp³-hybridized carbons (Fsp3) is 0.364. The first-order valence-corrected chi connectivity index (χ1v) is 5.08. The third kappa shape index (κ3) is 3.22. The normalized spacial score (nSPS) is 11.2. The van der Waals surface area contributed by atoms with Gasteiger partial charge < -0.3 is 5.32 Å². The molecule has 0 aliphatic heterocycles. The Bertz CT molecular complexity index is 510. The second-order valence-electron chi connectivity index (χ2n) is 4.74. The van der Waals surface area contributed by atoms with Crippen molar-refractivity contribution in [2.24, 2.45) is 0 Å². The summed E-state index contributed by atoms with van der Waals surface area (Å²) in [6.45, 7) is 5.01. The lowest BCUT2D eigenvalue weighted by atomic mass is 10.1. The number of hydrogen-bond donors (Lipinski definition) is 1. The first-order chi connectivity index (χ1) is 8.11. The summed E-state index contributed by atoms with van der Waals surface area (Å²) in [5, 5.41) is 12.8. The van der Waals surface area contributed by atoms with Gasteiger partial charge in [-0.15, -0.1) is 0 Å². The standard InChI is InChI=1S/C11H12F2N2O3/c1-11(2,3)14-10(16)6-4-8(13)9(15(17)18)5-7(6)12/h4-5H,1-3H3,(H,14,16). The van der Waals surface area contributed by atoms with Crippen LogP contribution in [0.15, 0.2) is 12.1 Å². The molecule has 0 radical (unpaired) electrons. The quantitative estimate of drug-likeness (QED) is 0.654. The molecule has 0 aliphatic carbocycles. The monoisotopic (exact) mass is 258 g/mol. The number of nitro benzene ring substituents is 1. The van der Waals surface area contributed by atoms with Crippen molar-refractivity contribution in [3.05, 3.63) is 39.4 Å². The average Bonchev–Trinajstić information content (AvgIpc) is 2.17. The minimum absolute atomic E-state index is 0.396. The van der Waals surface area contributed by atoms with Crippen LogP contribution in [0.2, 0.25) is 0 Å². The number of rotatable bonds is 2. The Morgan fingerprint density at radius 2 is 1.83 bits per heavy atom. The van der Waals surface area contributed by atoms with Gasteiger partial charge in [0.1, 0.15) is 5.82 Å². The third-order valence-electron chi connectivity index (χ3n) is 1.97. The highest BCUT2D eigenvalue weighted by Gasteiger charge is 2.24. The molecule has 0 atom stereocenters. The highest BCUT2D eigenvalue weighted by atomic mass is 19.1. The Labute approximate surface area is 102 Å². The first kappa shape index (κ1) is 14.0. The van der Waals surface area contributed by atoms with Gasteiger partial charge in [0.25, 0.3) is 5.91 Å². The summed E-state index contributed by atoms with van der Waals surface area (Å²) in [6, 6.07) is 0.918. The number of nitro groups is 1. The smallest absolute Gasteiger partial charge is 0.307 e. The van der Waals surface area contributed by atoms with Crippen molar-refractivity contribution >= 4 is 11.6 Å².